The number of aromatic nitrogens is 1. The second-order valence-electron chi connectivity index (χ2n) is 6.55. The van der Waals surface area contributed by atoms with Crippen molar-refractivity contribution in [3.63, 3.8) is 0 Å². The molecule has 0 radical (unpaired) electrons. The summed E-state index contributed by atoms with van der Waals surface area (Å²) in [5.74, 6) is 0.120. The maximum absolute atomic E-state index is 11.8. The van der Waals surface area contributed by atoms with Crippen LogP contribution in [0.15, 0.2) is 48.8 Å². The fourth-order valence-electron chi connectivity index (χ4n) is 3.67. The molecule has 3 heteroatoms. The van der Waals surface area contributed by atoms with E-state index in [1.54, 1.807) is 6.92 Å². The van der Waals surface area contributed by atoms with Crippen molar-refractivity contribution in [2.75, 3.05) is 4.90 Å². The molecule has 116 valence electrons. The Labute approximate surface area is 136 Å². The molecule has 23 heavy (non-hydrogen) atoms. The maximum Gasteiger partial charge on any atom is 0.224 e. The number of amides is 1. The molecule has 0 bridgehead atoms. The van der Waals surface area contributed by atoms with Crippen LogP contribution in [0.25, 0.3) is 16.6 Å². The number of hydrogen-bond acceptors (Lipinski definition) is 1. The summed E-state index contributed by atoms with van der Waals surface area (Å²) < 4.78 is 2.15. The molecule has 4 rings (SSSR count). The number of rotatable bonds is 1. The average Bonchev–Trinajstić information content (AvgIpc) is 3.05. The van der Waals surface area contributed by atoms with Crippen LogP contribution in [-0.2, 0) is 11.2 Å². The molecule has 3 heterocycles. The van der Waals surface area contributed by atoms with Gasteiger partial charge in [-0.05, 0) is 67.3 Å². The molecule has 1 aliphatic heterocycles. The van der Waals surface area contributed by atoms with E-state index in [2.05, 4.69) is 67.0 Å². The topological polar surface area (TPSA) is 24.7 Å². The number of fused-ring (bicyclic) bond motifs is 2. The predicted molar refractivity (Wildman–Crippen MR) is 93.9 cm³/mol. The lowest BCUT2D eigenvalue weighted by Gasteiger charge is -2.20. The van der Waals surface area contributed by atoms with Crippen LogP contribution in [0.3, 0.4) is 0 Å². The third-order valence-corrected chi connectivity index (χ3v) is 4.72. The van der Waals surface area contributed by atoms with Crippen LogP contribution < -0.4 is 4.90 Å². The third-order valence-electron chi connectivity index (χ3n) is 4.72. The first-order valence-corrected chi connectivity index (χ1v) is 8.04. The molecule has 0 N–H and O–H groups in total. The molecule has 3 aromatic rings. The van der Waals surface area contributed by atoms with Gasteiger partial charge in [0.2, 0.25) is 5.91 Å². The van der Waals surface area contributed by atoms with E-state index < -0.39 is 0 Å². The van der Waals surface area contributed by atoms with Crippen molar-refractivity contribution in [2.45, 2.75) is 33.2 Å². The highest BCUT2D eigenvalue weighted by Gasteiger charge is 2.28. The third kappa shape index (κ3) is 2.24. The molecule has 0 fully saturated rings. The van der Waals surface area contributed by atoms with Gasteiger partial charge in [-0.3, -0.25) is 4.79 Å². The maximum atomic E-state index is 11.8. The normalized spacial score (nSPS) is 16.8. The number of anilines is 1. The van der Waals surface area contributed by atoms with Gasteiger partial charge in [0.25, 0.3) is 0 Å². The standard InChI is InChI=1S/C20H20N2O/c1-13-6-7-21-12-18(11-19(21)8-13)16-4-5-20-17(10-16)9-14(2)22(20)15(3)23/h4-8,10-12,14H,9H2,1-3H3/t14-/m0/s1. The van der Waals surface area contributed by atoms with Crippen LogP contribution >= 0.6 is 0 Å². The average molecular weight is 304 g/mol. The minimum absolute atomic E-state index is 0.120. The Morgan fingerprint density at radius 3 is 2.74 bits per heavy atom. The molecule has 0 saturated carbocycles. The molecule has 0 aliphatic carbocycles. The van der Waals surface area contributed by atoms with Gasteiger partial charge in [-0.1, -0.05) is 6.07 Å². The Balaban J connectivity index is 1.78. The molecular formula is C20H20N2O. The minimum atomic E-state index is 0.120. The summed E-state index contributed by atoms with van der Waals surface area (Å²) in [7, 11) is 0. The summed E-state index contributed by atoms with van der Waals surface area (Å²) >= 11 is 0. The highest BCUT2D eigenvalue weighted by Crippen LogP contribution is 2.35. The molecule has 0 saturated heterocycles. The number of aryl methyl sites for hydroxylation is 1. The largest absolute Gasteiger partial charge is 0.323 e. The van der Waals surface area contributed by atoms with E-state index in [0.717, 1.165) is 12.1 Å². The summed E-state index contributed by atoms with van der Waals surface area (Å²) in [6.07, 6.45) is 5.19. The van der Waals surface area contributed by atoms with E-state index in [4.69, 9.17) is 0 Å². The van der Waals surface area contributed by atoms with Gasteiger partial charge in [0.15, 0.2) is 0 Å². The molecule has 0 spiro atoms. The lowest BCUT2D eigenvalue weighted by Crippen LogP contribution is -2.33. The lowest BCUT2D eigenvalue weighted by atomic mass is 10.0. The quantitative estimate of drug-likeness (QED) is 0.661. The SMILES string of the molecule is CC(=O)N1c2ccc(-c3cc4cc(C)ccn4c3)cc2C[C@@H]1C. The van der Waals surface area contributed by atoms with E-state index in [1.807, 2.05) is 4.90 Å². The van der Waals surface area contributed by atoms with Crippen molar-refractivity contribution in [1.29, 1.82) is 0 Å². The second kappa shape index (κ2) is 4.98. The zero-order valence-corrected chi connectivity index (χ0v) is 13.7. The number of carbonyl (C=O) groups excluding carboxylic acids is 1. The van der Waals surface area contributed by atoms with E-state index >= 15 is 0 Å². The van der Waals surface area contributed by atoms with Gasteiger partial charge in [-0.25, -0.2) is 0 Å². The fraction of sp³-hybridized carbons (Fsp3) is 0.250. The van der Waals surface area contributed by atoms with E-state index in [-0.39, 0.29) is 11.9 Å². The van der Waals surface area contributed by atoms with Crippen LogP contribution in [0, 0.1) is 6.92 Å². The van der Waals surface area contributed by atoms with Crippen LogP contribution in [0.4, 0.5) is 5.69 Å². The number of carbonyl (C=O) groups is 1. The second-order valence-corrected chi connectivity index (χ2v) is 6.55. The van der Waals surface area contributed by atoms with Gasteiger partial charge in [0, 0.05) is 42.1 Å². The highest BCUT2D eigenvalue weighted by molar-refractivity contribution is 5.95. The summed E-state index contributed by atoms with van der Waals surface area (Å²) in [4.78, 5) is 13.7. The van der Waals surface area contributed by atoms with E-state index in [1.165, 1.54) is 27.8 Å². The summed E-state index contributed by atoms with van der Waals surface area (Å²) in [5.41, 5.74) is 7.22. The zero-order chi connectivity index (χ0) is 16.1. The van der Waals surface area contributed by atoms with E-state index in [0.29, 0.717) is 0 Å². The van der Waals surface area contributed by atoms with Gasteiger partial charge in [-0.2, -0.15) is 0 Å². The van der Waals surface area contributed by atoms with Gasteiger partial charge < -0.3 is 9.30 Å². The van der Waals surface area contributed by atoms with Gasteiger partial charge in [-0.15, -0.1) is 0 Å². The summed E-state index contributed by atoms with van der Waals surface area (Å²) in [6.45, 7) is 5.86. The van der Waals surface area contributed by atoms with Gasteiger partial charge in [0.1, 0.15) is 0 Å². The first kappa shape index (κ1) is 14.1. The van der Waals surface area contributed by atoms with Crippen molar-refractivity contribution in [3.05, 3.63) is 59.9 Å². The Morgan fingerprint density at radius 1 is 1.13 bits per heavy atom. The smallest absolute Gasteiger partial charge is 0.224 e. The monoisotopic (exact) mass is 304 g/mol. The molecule has 3 nitrogen and oxygen atoms in total. The van der Waals surface area contributed by atoms with Gasteiger partial charge in [0.05, 0.1) is 0 Å². The number of benzene rings is 1. The van der Waals surface area contributed by atoms with Crippen LogP contribution in [-0.4, -0.2) is 16.3 Å². The molecule has 1 aromatic carbocycles. The number of pyridine rings is 1. The molecule has 2 aromatic heterocycles. The predicted octanol–water partition coefficient (Wildman–Crippen LogP) is 4.21. The van der Waals surface area contributed by atoms with Crippen molar-refractivity contribution in [1.82, 2.24) is 4.40 Å². The molecule has 1 aliphatic rings. The first-order valence-electron chi connectivity index (χ1n) is 8.04. The van der Waals surface area contributed by atoms with Crippen molar-refractivity contribution < 1.29 is 4.79 Å². The van der Waals surface area contributed by atoms with Crippen molar-refractivity contribution >= 4 is 17.1 Å². The Morgan fingerprint density at radius 2 is 1.96 bits per heavy atom. The molecule has 0 unspecified atom stereocenters. The zero-order valence-electron chi connectivity index (χ0n) is 13.7. The number of hydrogen-bond donors (Lipinski definition) is 0. The molecular weight excluding hydrogens is 284 g/mol. The Hall–Kier alpha value is -2.55. The van der Waals surface area contributed by atoms with Gasteiger partial charge >= 0.3 is 0 Å². The first-order chi connectivity index (χ1) is 11.0. The molecule has 1 amide bonds. The summed E-state index contributed by atoms with van der Waals surface area (Å²) in [6, 6.07) is 13.2. The van der Waals surface area contributed by atoms with Crippen molar-refractivity contribution in [2.24, 2.45) is 0 Å². The highest BCUT2D eigenvalue weighted by atomic mass is 16.2. The fourth-order valence-corrected chi connectivity index (χ4v) is 3.67. The Kier molecular flexibility index (Phi) is 3.05. The van der Waals surface area contributed by atoms with E-state index in [9.17, 15) is 4.79 Å². The van der Waals surface area contributed by atoms with Crippen LogP contribution in [0.2, 0.25) is 0 Å². The summed E-state index contributed by atoms with van der Waals surface area (Å²) in [5, 5.41) is 0. The minimum Gasteiger partial charge on any atom is -0.323 e. The van der Waals surface area contributed by atoms with Crippen LogP contribution in [0.1, 0.15) is 25.0 Å². The van der Waals surface area contributed by atoms with Crippen molar-refractivity contribution in [3.8, 4) is 11.1 Å². The number of nitrogens with zero attached hydrogens (tertiary/aromatic N) is 2. The van der Waals surface area contributed by atoms with Crippen LogP contribution in [0.5, 0.6) is 0 Å². The Bertz CT molecular complexity index is 923. The molecule has 1 atom stereocenters. The lowest BCUT2D eigenvalue weighted by molar-refractivity contribution is -0.116.